The molecule has 0 amide bonds. The van der Waals surface area contributed by atoms with Gasteiger partial charge in [-0.05, 0) is 46.8 Å². The van der Waals surface area contributed by atoms with Crippen LogP contribution < -0.4 is 5.32 Å². The monoisotopic (exact) mass is 270 g/mol. The average Bonchev–Trinajstić information content (AvgIpc) is 2.30. The summed E-state index contributed by atoms with van der Waals surface area (Å²) in [6.45, 7) is 2.80. The van der Waals surface area contributed by atoms with Crippen molar-refractivity contribution in [3.63, 3.8) is 0 Å². The van der Waals surface area contributed by atoms with Gasteiger partial charge >= 0.3 is 0 Å². The first kappa shape index (κ1) is 10.9. The lowest BCUT2D eigenvalue weighted by molar-refractivity contribution is 0.0699. The molecular formula is C11H15BrN2O. The fraction of sp³-hybridized carbons (Fsp3) is 0.545. The van der Waals surface area contributed by atoms with Gasteiger partial charge in [0.15, 0.2) is 0 Å². The minimum Gasteiger partial charge on any atom is -0.381 e. The van der Waals surface area contributed by atoms with Crippen LogP contribution in [0.2, 0.25) is 0 Å². The molecule has 3 nitrogen and oxygen atoms in total. The van der Waals surface area contributed by atoms with E-state index in [-0.39, 0.29) is 0 Å². The summed E-state index contributed by atoms with van der Waals surface area (Å²) in [5.74, 6) is 1.67. The molecule has 1 aliphatic heterocycles. The summed E-state index contributed by atoms with van der Waals surface area (Å²) in [4.78, 5) is 4.27. The summed E-state index contributed by atoms with van der Waals surface area (Å²) in [5.41, 5.74) is 0. The normalized spacial score (nSPS) is 17.7. The summed E-state index contributed by atoms with van der Waals surface area (Å²) in [6, 6.07) is 3.99. The molecule has 0 aromatic carbocycles. The summed E-state index contributed by atoms with van der Waals surface area (Å²) < 4.78 is 6.33. The van der Waals surface area contributed by atoms with Gasteiger partial charge in [0.2, 0.25) is 0 Å². The molecular weight excluding hydrogens is 256 g/mol. The maximum atomic E-state index is 5.32. The number of pyridine rings is 1. The minimum atomic E-state index is 0.726. The first-order valence-electron chi connectivity index (χ1n) is 5.28. The third-order valence-electron chi connectivity index (χ3n) is 2.64. The maximum absolute atomic E-state index is 5.32. The Labute approximate surface area is 98.4 Å². The highest BCUT2D eigenvalue weighted by atomic mass is 79.9. The molecule has 2 rings (SSSR count). The van der Waals surface area contributed by atoms with Crippen LogP contribution in [0.15, 0.2) is 22.8 Å². The van der Waals surface area contributed by atoms with Crippen molar-refractivity contribution < 1.29 is 4.74 Å². The topological polar surface area (TPSA) is 34.1 Å². The zero-order valence-electron chi connectivity index (χ0n) is 8.58. The van der Waals surface area contributed by atoms with Gasteiger partial charge < -0.3 is 10.1 Å². The van der Waals surface area contributed by atoms with E-state index in [1.165, 1.54) is 0 Å². The zero-order valence-corrected chi connectivity index (χ0v) is 10.2. The van der Waals surface area contributed by atoms with Gasteiger partial charge in [0, 0.05) is 30.4 Å². The maximum Gasteiger partial charge on any atom is 0.125 e. The van der Waals surface area contributed by atoms with E-state index in [1.54, 1.807) is 0 Å². The Kier molecular flexibility index (Phi) is 3.97. The molecule has 0 spiro atoms. The second-order valence-corrected chi connectivity index (χ2v) is 4.71. The Bertz CT molecular complexity index is 296. The number of halogens is 1. The molecule has 1 saturated heterocycles. The number of nitrogens with zero attached hydrogens (tertiary/aromatic N) is 1. The number of anilines is 1. The molecule has 1 aromatic rings. The number of rotatable bonds is 3. The van der Waals surface area contributed by atoms with Crippen molar-refractivity contribution in [3.05, 3.63) is 22.8 Å². The first-order valence-corrected chi connectivity index (χ1v) is 6.07. The second-order valence-electron chi connectivity index (χ2n) is 3.80. The Balaban J connectivity index is 1.79. The largest absolute Gasteiger partial charge is 0.381 e. The fourth-order valence-electron chi connectivity index (χ4n) is 1.68. The lowest BCUT2D eigenvalue weighted by Gasteiger charge is -2.22. The molecule has 0 saturated carbocycles. The average molecular weight is 271 g/mol. The standard InChI is InChI=1S/C11H15BrN2O/c12-10-1-2-11(14-8-10)13-7-9-3-5-15-6-4-9/h1-2,8-9H,3-7H2,(H,13,14). The second kappa shape index (κ2) is 5.47. The van der Waals surface area contributed by atoms with E-state index in [4.69, 9.17) is 4.74 Å². The van der Waals surface area contributed by atoms with Crippen molar-refractivity contribution in [3.8, 4) is 0 Å². The SMILES string of the molecule is Brc1ccc(NCC2CCOCC2)nc1. The molecule has 15 heavy (non-hydrogen) atoms. The van der Waals surface area contributed by atoms with Crippen LogP contribution in [0.3, 0.4) is 0 Å². The van der Waals surface area contributed by atoms with Crippen molar-refractivity contribution in [2.24, 2.45) is 5.92 Å². The molecule has 0 radical (unpaired) electrons. The number of hydrogen-bond acceptors (Lipinski definition) is 3. The van der Waals surface area contributed by atoms with Crippen LogP contribution in [-0.4, -0.2) is 24.7 Å². The van der Waals surface area contributed by atoms with E-state index < -0.39 is 0 Å². The number of ether oxygens (including phenoxy) is 1. The molecule has 0 unspecified atom stereocenters. The third kappa shape index (κ3) is 3.47. The molecule has 1 aliphatic rings. The zero-order chi connectivity index (χ0) is 10.5. The van der Waals surface area contributed by atoms with E-state index in [0.29, 0.717) is 0 Å². The minimum absolute atomic E-state index is 0.726. The van der Waals surface area contributed by atoms with E-state index in [2.05, 4.69) is 26.2 Å². The summed E-state index contributed by atoms with van der Waals surface area (Å²) in [5, 5.41) is 3.35. The van der Waals surface area contributed by atoms with Crippen LogP contribution in [0.25, 0.3) is 0 Å². The lowest BCUT2D eigenvalue weighted by Crippen LogP contribution is -2.22. The van der Waals surface area contributed by atoms with Crippen molar-refractivity contribution >= 4 is 21.7 Å². The van der Waals surface area contributed by atoms with Gasteiger partial charge in [-0.15, -0.1) is 0 Å². The van der Waals surface area contributed by atoms with E-state index in [0.717, 1.165) is 48.8 Å². The summed E-state index contributed by atoms with van der Waals surface area (Å²) in [7, 11) is 0. The highest BCUT2D eigenvalue weighted by Crippen LogP contribution is 2.16. The fourth-order valence-corrected chi connectivity index (χ4v) is 1.91. The Morgan fingerprint density at radius 3 is 2.87 bits per heavy atom. The third-order valence-corrected chi connectivity index (χ3v) is 3.11. The Morgan fingerprint density at radius 2 is 2.20 bits per heavy atom. The molecule has 0 bridgehead atoms. The highest BCUT2D eigenvalue weighted by molar-refractivity contribution is 9.10. The van der Waals surface area contributed by atoms with Crippen molar-refractivity contribution in [2.45, 2.75) is 12.8 Å². The van der Waals surface area contributed by atoms with Gasteiger partial charge in [-0.2, -0.15) is 0 Å². The Morgan fingerprint density at radius 1 is 1.40 bits per heavy atom. The van der Waals surface area contributed by atoms with Crippen molar-refractivity contribution in [1.29, 1.82) is 0 Å². The van der Waals surface area contributed by atoms with E-state index in [9.17, 15) is 0 Å². The first-order chi connectivity index (χ1) is 7.34. The molecule has 4 heteroatoms. The molecule has 0 aliphatic carbocycles. The number of hydrogen-bond donors (Lipinski definition) is 1. The van der Waals surface area contributed by atoms with Crippen LogP contribution in [0.5, 0.6) is 0 Å². The molecule has 82 valence electrons. The predicted octanol–water partition coefficient (Wildman–Crippen LogP) is 2.68. The van der Waals surface area contributed by atoms with Crippen molar-refractivity contribution in [1.82, 2.24) is 4.98 Å². The van der Waals surface area contributed by atoms with Crippen LogP contribution in [-0.2, 0) is 4.74 Å². The number of aromatic nitrogens is 1. The Hall–Kier alpha value is -0.610. The quantitative estimate of drug-likeness (QED) is 0.917. The van der Waals surface area contributed by atoms with Gasteiger partial charge in [0.05, 0.1) is 0 Å². The van der Waals surface area contributed by atoms with Crippen LogP contribution in [0.4, 0.5) is 5.82 Å². The molecule has 0 atom stereocenters. The molecule has 1 N–H and O–H groups in total. The smallest absolute Gasteiger partial charge is 0.125 e. The number of nitrogens with one attached hydrogen (secondary N) is 1. The van der Waals surface area contributed by atoms with Crippen LogP contribution >= 0.6 is 15.9 Å². The van der Waals surface area contributed by atoms with Gasteiger partial charge in [0.25, 0.3) is 0 Å². The van der Waals surface area contributed by atoms with E-state index >= 15 is 0 Å². The van der Waals surface area contributed by atoms with Gasteiger partial charge in [0.1, 0.15) is 5.82 Å². The predicted molar refractivity (Wildman–Crippen MR) is 64.0 cm³/mol. The molecule has 1 aromatic heterocycles. The molecule has 2 heterocycles. The summed E-state index contributed by atoms with van der Waals surface area (Å²) in [6.07, 6.45) is 4.12. The van der Waals surface area contributed by atoms with Crippen LogP contribution in [0, 0.1) is 5.92 Å². The lowest BCUT2D eigenvalue weighted by atomic mass is 10.0. The van der Waals surface area contributed by atoms with Gasteiger partial charge in [-0.3, -0.25) is 0 Å². The van der Waals surface area contributed by atoms with Gasteiger partial charge in [-0.1, -0.05) is 0 Å². The summed E-state index contributed by atoms with van der Waals surface area (Å²) >= 11 is 3.37. The molecule has 1 fully saturated rings. The van der Waals surface area contributed by atoms with Crippen molar-refractivity contribution in [2.75, 3.05) is 25.1 Å². The van der Waals surface area contributed by atoms with Gasteiger partial charge in [-0.25, -0.2) is 4.98 Å². The highest BCUT2D eigenvalue weighted by Gasteiger charge is 2.13. The van der Waals surface area contributed by atoms with Crippen LogP contribution in [0.1, 0.15) is 12.8 Å². The van der Waals surface area contributed by atoms with E-state index in [1.807, 2.05) is 18.3 Å².